The van der Waals surface area contributed by atoms with Crippen molar-refractivity contribution in [2.75, 3.05) is 5.32 Å². The molecular weight excluding hydrogens is 468 g/mol. The summed E-state index contributed by atoms with van der Waals surface area (Å²) < 4.78 is 78.2. The molecule has 1 aliphatic carbocycles. The van der Waals surface area contributed by atoms with Crippen LogP contribution in [0.3, 0.4) is 0 Å². The van der Waals surface area contributed by atoms with Gasteiger partial charge in [-0.05, 0) is 38.0 Å². The van der Waals surface area contributed by atoms with Crippen molar-refractivity contribution in [2.24, 2.45) is 4.99 Å². The van der Waals surface area contributed by atoms with Gasteiger partial charge in [-0.3, -0.25) is 4.98 Å². The predicted octanol–water partition coefficient (Wildman–Crippen LogP) is 4.42. The Balaban J connectivity index is 1.74. The first-order valence-corrected chi connectivity index (χ1v) is 9.56. The Morgan fingerprint density at radius 1 is 1.15 bits per heavy atom. The highest BCUT2D eigenvalue weighted by Crippen LogP contribution is 2.47. The van der Waals surface area contributed by atoms with Crippen molar-refractivity contribution < 1.29 is 26.3 Å². The van der Waals surface area contributed by atoms with Crippen LogP contribution in [0.2, 0.25) is 0 Å². The van der Waals surface area contributed by atoms with Crippen LogP contribution >= 0.6 is 0 Å². The van der Waals surface area contributed by atoms with Crippen LogP contribution in [0.25, 0.3) is 5.95 Å². The third kappa shape index (κ3) is 4.80. The first-order valence-electron chi connectivity index (χ1n) is 9.56. The summed E-state index contributed by atoms with van der Waals surface area (Å²) >= 11 is 0. The number of hydrogen-bond donors (Lipinski definition) is 1. The lowest BCUT2D eigenvalue weighted by Crippen LogP contribution is -2.19. The smallest absolute Gasteiger partial charge is 0.324 e. The van der Waals surface area contributed by atoms with E-state index < -0.39 is 41.1 Å². The lowest BCUT2D eigenvalue weighted by Gasteiger charge is -2.11. The Labute approximate surface area is 187 Å². The molecule has 1 fully saturated rings. The van der Waals surface area contributed by atoms with Crippen LogP contribution in [0, 0.1) is 11.3 Å². The number of alkyl halides is 6. The van der Waals surface area contributed by atoms with Gasteiger partial charge in [0.2, 0.25) is 5.95 Å². The molecule has 0 bridgehead atoms. The maximum Gasteiger partial charge on any atom is 0.435 e. The number of halogens is 6. The zero-order valence-corrected chi connectivity index (χ0v) is 17.1. The average Bonchev–Trinajstić information content (AvgIpc) is 3.39. The molecule has 0 aliphatic heterocycles. The minimum Gasteiger partial charge on any atom is -0.324 e. The highest BCUT2D eigenvalue weighted by molar-refractivity contribution is 5.89. The van der Waals surface area contributed by atoms with Gasteiger partial charge in [0.1, 0.15) is 5.71 Å². The summed E-state index contributed by atoms with van der Waals surface area (Å²) in [6.07, 6.45) is -5.93. The van der Waals surface area contributed by atoms with Gasteiger partial charge in [0.15, 0.2) is 5.69 Å². The lowest BCUT2D eigenvalue weighted by atomic mass is 10.0. The summed E-state index contributed by atoms with van der Waals surface area (Å²) in [5.41, 5.74) is -2.39. The second kappa shape index (κ2) is 8.04. The Morgan fingerprint density at radius 3 is 2.47 bits per heavy atom. The summed E-state index contributed by atoms with van der Waals surface area (Å²) in [4.78, 5) is 19.0. The van der Waals surface area contributed by atoms with E-state index in [1.165, 1.54) is 12.3 Å². The number of aromatic nitrogens is 6. The predicted molar refractivity (Wildman–Crippen MR) is 105 cm³/mol. The van der Waals surface area contributed by atoms with Crippen LogP contribution in [-0.4, -0.2) is 41.6 Å². The van der Waals surface area contributed by atoms with E-state index in [4.69, 9.17) is 0 Å². The summed E-state index contributed by atoms with van der Waals surface area (Å²) in [7, 11) is 0. The van der Waals surface area contributed by atoms with Crippen LogP contribution in [0.4, 0.5) is 43.9 Å². The second-order valence-corrected chi connectivity index (χ2v) is 7.35. The van der Waals surface area contributed by atoms with Crippen molar-refractivity contribution in [2.45, 2.75) is 37.5 Å². The number of nitrogens with one attached hydrogen (secondary N) is 1. The van der Waals surface area contributed by atoms with Crippen molar-refractivity contribution in [3.63, 3.8) is 0 Å². The van der Waals surface area contributed by atoms with Gasteiger partial charge in [-0.25, -0.2) is 9.67 Å². The van der Waals surface area contributed by atoms with E-state index in [0.29, 0.717) is 41.9 Å². The molecule has 3 aromatic heterocycles. The Hall–Kier alpha value is -4.09. The summed E-state index contributed by atoms with van der Waals surface area (Å²) in [6, 6.07) is 5.90. The van der Waals surface area contributed by atoms with Crippen molar-refractivity contribution in [1.82, 2.24) is 29.7 Å². The standard InChI is InChI=1S/C19H13F6N9/c1-10(18(20,21)22)28-14-30-15(29-11-2-6-27-13(8-11)17(9-26)4-5-17)32-16(31-14)34-7-3-12(33-34)19(23,24)25/h2-3,6-8H,4-5H2,1H3,(H,27,29,30,31,32)/b28-10+. The van der Waals surface area contributed by atoms with Gasteiger partial charge < -0.3 is 5.32 Å². The van der Waals surface area contributed by atoms with Gasteiger partial charge >= 0.3 is 12.4 Å². The molecule has 0 atom stereocenters. The number of pyridine rings is 1. The number of aliphatic imine (C=N–C) groups is 1. The first-order chi connectivity index (χ1) is 15.9. The average molecular weight is 481 g/mol. The SMILES string of the molecule is C/C(=N\c1nc(Nc2ccnc(C3(C#N)CC3)c2)nc(-n2ccc(C(F)(F)F)n2)n1)C(F)(F)F. The maximum absolute atomic E-state index is 12.9. The normalized spacial score (nSPS) is 15.6. The Morgan fingerprint density at radius 2 is 1.88 bits per heavy atom. The second-order valence-electron chi connectivity index (χ2n) is 7.35. The van der Waals surface area contributed by atoms with Gasteiger partial charge in [-0.2, -0.15) is 51.7 Å². The molecule has 1 N–H and O–H groups in total. The van der Waals surface area contributed by atoms with E-state index in [2.05, 4.69) is 41.4 Å². The molecule has 0 aromatic carbocycles. The zero-order valence-electron chi connectivity index (χ0n) is 17.1. The maximum atomic E-state index is 12.9. The summed E-state index contributed by atoms with van der Waals surface area (Å²) in [5, 5.41) is 15.4. The van der Waals surface area contributed by atoms with Gasteiger partial charge in [0.05, 0.1) is 17.2 Å². The van der Waals surface area contributed by atoms with E-state index in [1.54, 1.807) is 6.07 Å². The van der Waals surface area contributed by atoms with E-state index in [1.807, 2.05) is 0 Å². The fourth-order valence-corrected chi connectivity index (χ4v) is 2.81. The largest absolute Gasteiger partial charge is 0.435 e. The molecule has 1 saturated carbocycles. The van der Waals surface area contributed by atoms with E-state index in [9.17, 15) is 31.6 Å². The van der Waals surface area contributed by atoms with Crippen molar-refractivity contribution >= 4 is 23.3 Å². The third-order valence-electron chi connectivity index (χ3n) is 4.84. The minimum atomic E-state index is -4.77. The van der Waals surface area contributed by atoms with Crippen LogP contribution in [0.15, 0.2) is 35.6 Å². The molecule has 3 heterocycles. The summed E-state index contributed by atoms with van der Waals surface area (Å²) in [6.45, 7) is 0.693. The zero-order chi connectivity index (χ0) is 24.7. The lowest BCUT2D eigenvalue weighted by molar-refractivity contribution is -0.141. The molecule has 1 aliphatic rings. The van der Waals surface area contributed by atoms with Crippen molar-refractivity contribution in [3.8, 4) is 12.0 Å². The van der Waals surface area contributed by atoms with Crippen LogP contribution in [0.5, 0.6) is 0 Å². The molecule has 0 spiro atoms. The molecular formula is C19H13F6N9. The van der Waals surface area contributed by atoms with Crippen LogP contribution < -0.4 is 5.32 Å². The van der Waals surface area contributed by atoms with E-state index in [0.717, 1.165) is 6.20 Å². The number of hydrogen-bond acceptors (Lipinski definition) is 8. The number of nitriles is 1. The minimum absolute atomic E-state index is 0.304. The monoisotopic (exact) mass is 481 g/mol. The molecule has 0 saturated heterocycles. The van der Waals surface area contributed by atoms with Crippen LogP contribution in [0.1, 0.15) is 31.2 Å². The number of nitrogens with zero attached hydrogens (tertiary/aromatic N) is 8. The number of rotatable bonds is 5. The molecule has 15 heteroatoms. The topological polar surface area (TPSA) is 118 Å². The molecule has 0 amide bonds. The van der Waals surface area contributed by atoms with Crippen LogP contribution in [-0.2, 0) is 11.6 Å². The van der Waals surface area contributed by atoms with Crippen molar-refractivity contribution in [3.05, 3.63) is 42.0 Å². The van der Waals surface area contributed by atoms with Crippen molar-refractivity contribution in [1.29, 1.82) is 5.26 Å². The molecule has 0 unspecified atom stereocenters. The van der Waals surface area contributed by atoms with E-state index in [-0.39, 0.29) is 5.95 Å². The fraction of sp³-hybridized carbons (Fsp3) is 0.316. The van der Waals surface area contributed by atoms with Gasteiger partial charge in [0, 0.05) is 18.1 Å². The first kappa shape index (κ1) is 23.1. The molecule has 176 valence electrons. The van der Waals surface area contributed by atoms with Gasteiger partial charge in [0.25, 0.3) is 11.9 Å². The van der Waals surface area contributed by atoms with E-state index >= 15 is 0 Å². The quantitative estimate of drug-likeness (QED) is 0.423. The molecule has 9 nitrogen and oxygen atoms in total. The fourth-order valence-electron chi connectivity index (χ4n) is 2.81. The Kier molecular flexibility index (Phi) is 5.46. The highest BCUT2D eigenvalue weighted by atomic mass is 19.4. The molecule has 3 aromatic rings. The van der Waals surface area contributed by atoms with Gasteiger partial charge in [-0.15, -0.1) is 0 Å². The third-order valence-corrected chi connectivity index (χ3v) is 4.84. The Bertz CT molecular complexity index is 1300. The summed E-state index contributed by atoms with van der Waals surface area (Å²) in [5.74, 6) is -1.50. The molecule has 4 rings (SSSR count). The molecule has 0 radical (unpaired) electrons. The number of anilines is 2. The highest BCUT2D eigenvalue weighted by Gasteiger charge is 2.46. The van der Waals surface area contributed by atoms with Gasteiger partial charge in [-0.1, -0.05) is 0 Å². The molecule has 34 heavy (non-hydrogen) atoms.